The van der Waals surface area contributed by atoms with Crippen LogP contribution in [-0.4, -0.2) is 31.6 Å². The summed E-state index contributed by atoms with van der Waals surface area (Å²) in [6.07, 6.45) is 0. The van der Waals surface area contributed by atoms with E-state index >= 15 is 0 Å². The lowest BCUT2D eigenvalue weighted by atomic mass is 10.1. The number of halogens is 1. The molecule has 1 amide bonds. The minimum absolute atomic E-state index is 0.169. The number of carbonyl (C=O) groups is 3. The molecule has 2 aromatic carbocycles. The third kappa shape index (κ3) is 5.72. The summed E-state index contributed by atoms with van der Waals surface area (Å²) in [7, 11) is 1.25. The summed E-state index contributed by atoms with van der Waals surface area (Å²) >= 11 is 3.35. The summed E-state index contributed by atoms with van der Waals surface area (Å²) < 4.78 is 10.5. The van der Waals surface area contributed by atoms with E-state index in [1.54, 1.807) is 0 Å². The van der Waals surface area contributed by atoms with E-state index < -0.39 is 24.5 Å². The summed E-state index contributed by atoms with van der Waals surface area (Å²) in [4.78, 5) is 35.2. The number of amides is 1. The molecule has 0 saturated heterocycles. The maximum Gasteiger partial charge on any atom is 0.338 e. The molecule has 0 radical (unpaired) electrons. The third-order valence-corrected chi connectivity index (χ3v) is 3.73. The summed E-state index contributed by atoms with van der Waals surface area (Å²) in [5, 5.41) is 2.66. The molecule has 0 fully saturated rings. The van der Waals surface area contributed by atoms with Gasteiger partial charge in [-0.15, -0.1) is 0 Å². The number of ether oxygens (including phenoxy) is 2. The highest BCUT2D eigenvalue weighted by Crippen LogP contribution is 2.11. The summed E-state index contributed by atoms with van der Waals surface area (Å²) in [6.45, 7) is -0.0804. The molecule has 7 heteroatoms. The molecule has 25 heavy (non-hydrogen) atoms. The van der Waals surface area contributed by atoms with E-state index in [4.69, 9.17) is 4.74 Å². The monoisotopic (exact) mass is 405 g/mol. The van der Waals surface area contributed by atoms with Crippen molar-refractivity contribution in [3.8, 4) is 0 Å². The molecule has 0 heterocycles. The third-order valence-electron chi connectivity index (χ3n) is 3.23. The second-order valence-electron chi connectivity index (χ2n) is 5.06. The minimum atomic E-state index is -0.691. The van der Waals surface area contributed by atoms with E-state index in [9.17, 15) is 14.4 Å². The van der Waals surface area contributed by atoms with Crippen molar-refractivity contribution >= 4 is 33.8 Å². The second-order valence-corrected chi connectivity index (χ2v) is 5.97. The number of esters is 2. The zero-order chi connectivity index (χ0) is 18.2. The van der Waals surface area contributed by atoms with Gasteiger partial charge in [-0.05, 0) is 35.9 Å². The lowest BCUT2D eigenvalue weighted by molar-refractivity contribution is -0.124. The van der Waals surface area contributed by atoms with Crippen molar-refractivity contribution in [1.82, 2.24) is 5.32 Å². The summed E-state index contributed by atoms with van der Waals surface area (Å²) in [5.74, 6) is -1.66. The minimum Gasteiger partial charge on any atom is -0.465 e. The topological polar surface area (TPSA) is 81.7 Å². The molecule has 0 spiro atoms. The predicted molar refractivity (Wildman–Crippen MR) is 94.1 cm³/mol. The average molecular weight is 406 g/mol. The summed E-state index contributed by atoms with van der Waals surface area (Å²) in [6, 6.07) is 13.4. The maximum absolute atomic E-state index is 12.0. The van der Waals surface area contributed by atoms with Gasteiger partial charge in [-0.2, -0.15) is 0 Å². The van der Waals surface area contributed by atoms with Gasteiger partial charge in [0.2, 0.25) is 0 Å². The standard InChI is InChI=1S/C18H16BrNO5/c1-24-17(22)13-5-3-6-14(9-13)18(23)25-11-16(21)20-10-12-4-2-7-15(19)8-12/h2-9H,10-11H2,1H3,(H,20,21). The fourth-order valence-electron chi connectivity index (χ4n) is 2.00. The Kier molecular flexibility index (Phi) is 6.71. The van der Waals surface area contributed by atoms with Crippen LogP contribution in [0.5, 0.6) is 0 Å². The van der Waals surface area contributed by atoms with E-state index in [1.165, 1.54) is 31.4 Å². The van der Waals surface area contributed by atoms with Gasteiger partial charge in [0.05, 0.1) is 18.2 Å². The molecular weight excluding hydrogens is 390 g/mol. The quantitative estimate of drug-likeness (QED) is 0.747. The Bertz CT molecular complexity index is 791. The van der Waals surface area contributed by atoms with Gasteiger partial charge in [-0.25, -0.2) is 9.59 Å². The van der Waals surface area contributed by atoms with Crippen LogP contribution in [0.1, 0.15) is 26.3 Å². The number of rotatable bonds is 6. The average Bonchev–Trinajstić information content (AvgIpc) is 2.64. The Labute approximate surface area is 153 Å². The zero-order valence-electron chi connectivity index (χ0n) is 13.5. The maximum atomic E-state index is 12.0. The van der Waals surface area contributed by atoms with Crippen LogP contribution in [0, 0.1) is 0 Å². The van der Waals surface area contributed by atoms with Gasteiger partial charge in [0.25, 0.3) is 5.91 Å². The van der Waals surface area contributed by atoms with Crippen molar-refractivity contribution in [2.24, 2.45) is 0 Å². The second kappa shape index (κ2) is 8.98. The Hall–Kier alpha value is -2.67. The highest BCUT2D eigenvalue weighted by Gasteiger charge is 2.13. The van der Waals surface area contributed by atoms with Crippen LogP contribution in [0.4, 0.5) is 0 Å². The molecule has 0 aliphatic heterocycles. The van der Waals surface area contributed by atoms with Gasteiger partial charge in [0.1, 0.15) is 0 Å². The molecule has 130 valence electrons. The molecule has 6 nitrogen and oxygen atoms in total. The zero-order valence-corrected chi connectivity index (χ0v) is 15.0. The fourth-order valence-corrected chi connectivity index (χ4v) is 2.45. The first-order chi connectivity index (χ1) is 12.0. The molecule has 0 unspecified atom stereocenters. The normalized spacial score (nSPS) is 10.0. The number of hydrogen-bond donors (Lipinski definition) is 1. The molecule has 0 atom stereocenters. The summed E-state index contributed by atoms with van der Waals surface area (Å²) in [5.41, 5.74) is 1.32. The van der Waals surface area contributed by atoms with E-state index in [0.29, 0.717) is 6.54 Å². The van der Waals surface area contributed by atoms with Crippen LogP contribution < -0.4 is 5.32 Å². The number of hydrogen-bond acceptors (Lipinski definition) is 5. The van der Waals surface area contributed by atoms with Gasteiger partial charge < -0.3 is 14.8 Å². The van der Waals surface area contributed by atoms with Crippen LogP contribution in [-0.2, 0) is 20.8 Å². The van der Waals surface area contributed by atoms with E-state index in [-0.39, 0.29) is 11.1 Å². The van der Waals surface area contributed by atoms with Crippen molar-refractivity contribution in [3.63, 3.8) is 0 Å². The molecule has 2 rings (SSSR count). The molecule has 0 aliphatic rings. The van der Waals surface area contributed by atoms with Gasteiger partial charge in [0, 0.05) is 11.0 Å². The molecule has 0 saturated carbocycles. The van der Waals surface area contributed by atoms with Gasteiger partial charge in [0.15, 0.2) is 6.61 Å². The first-order valence-corrected chi connectivity index (χ1v) is 8.15. The highest BCUT2D eigenvalue weighted by molar-refractivity contribution is 9.10. The SMILES string of the molecule is COC(=O)c1cccc(C(=O)OCC(=O)NCc2cccc(Br)c2)c1. The van der Waals surface area contributed by atoms with Gasteiger partial charge >= 0.3 is 11.9 Å². The van der Waals surface area contributed by atoms with E-state index in [0.717, 1.165) is 10.0 Å². The number of carbonyl (C=O) groups excluding carboxylic acids is 3. The van der Waals surface area contributed by atoms with Crippen molar-refractivity contribution < 1.29 is 23.9 Å². The van der Waals surface area contributed by atoms with Crippen molar-refractivity contribution in [1.29, 1.82) is 0 Å². The lowest BCUT2D eigenvalue weighted by Gasteiger charge is -2.08. The van der Waals surface area contributed by atoms with Crippen LogP contribution in [0.25, 0.3) is 0 Å². The van der Waals surface area contributed by atoms with Crippen molar-refractivity contribution in [2.75, 3.05) is 13.7 Å². The molecule has 0 aliphatic carbocycles. The Morgan fingerprint density at radius 2 is 1.68 bits per heavy atom. The van der Waals surface area contributed by atoms with Gasteiger partial charge in [-0.1, -0.05) is 34.1 Å². The number of benzene rings is 2. The van der Waals surface area contributed by atoms with Gasteiger partial charge in [-0.3, -0.25) is 4.79 Å². The number of nitrogens with one attached hydrogen (secondary N) is 1. The van der Waals surface area contributed by atoms with Crippen LogP contribution in [0.2, 0.25) is 0 Å². The number of methoxy groups -OCH3 is 1. The Balaban J connectivity index is 1.85. The Morgan fingerprint density at radius 1 is 1.00 bits per heavy atom. The van der Waals surface area contributed by atoms with E-state index in [2.05, 4.69) is 26.0 Å². The molecule has 1 N–H and O–H groups in total. The smallest absolute Gasteiger partial charge is 0.338 e. The lowest BCUT2D eigenvalue weighted by Crippen LogP contribution is -2.28. The van der Waals surface area contributed by atoms with Crippen molar-refractivity contribution in [3.05, 3.63) is 69.7 Å². The van der Waals surface area contributed by atoms with Crippen molar-refractivity contribution in [2.45, 2.75) is 6.54 Å². The van der Waals surface area contributed by atoms with Crippen LogP contribution >= 0.6 is 15.9 Å². The Morgan fingerprint density at radius 3 is 2.36 bits per heavy atom. The largest absolute Gasteiger partial charge is 0.465 e. The van der Waals surface area contributed by atoms with Crippen LogP contribution in [0.3, 0.4) is 0 Å². The first kappa shape index (κ1) is 18.7. The molecule has 0 bridgehead atoms. The first-order valence-electron chi connectivity index (χ1n) is 7.36. The van der Waals surface area contributed by atoms with E-state index in [1.807, 2.05) is 24.3 Å². The highest BCUT2D eigenvalue weighted by atomic mass is 79.9. The predicted octanol–water partition coefficient (Wildman–Crippen LogP) is 2.71. The molecule has 0 aromatic heterocycles. The van der Waals surface area contributed by atoms with Crippen LogP contribution in [0.15, 0.2) is 53.0 Å². The molecular formula is C18H16BrNO5. The fraction of sp³-hybridized carbons (Fsp3) is 0.167. The molecule has 2 aromatic rings.